The maximum absolute atomic E-state index is 13.6. The summed E-state index contributed by atoms with van der Waals surface area (Å²) in [7, 11) is 1.50. The third-order valence-corrected chi connectivity index (χ3v) is 7.81. The average Bonchev–Trinajstić information content (AvgIpc) is 3.59. The van der Waals surface area contributed by atoms with Crippen molar-refractivity contribution in [3.8, 4) is 5.75 Å². The normalized spacial score (nSPS) is 16.5. The van der Waals surface area contributed by atoms with Crippen molar-refractivity contribution in [2.75, 3.05) is 18.6 Å². The minimum atomic E-state index is -1.07. The van der Waals surface area contributed by atoms with Gasteiger partial charge in [-0.15, -0.1) is 0 Å². The number of carbonyl (C=O) groups is 3. The van der Waals surface area contributed by atoms with Crippen molar-refractivity contribution in [1.82, 2.24) is 14.4 Å². The largest absolute Gasteiger partial charge is 0.505 e. The van der Waals surface area contributed by atoms with Gasteiger partial charge in [0.1, 0.15) is 28.6 Å². The molecule has 1 unspecified atom stereocenters. The second kappa shape index (κ2) is 10.4. The monoisotopic (exact) mass is 558 g/mol. The predicted octanol–water partition coefficient (Wildman–Crippen LogP) is 4.69. The molecule has 0 saturated carbocycles. The summed E-state index contributed by atoms with van der Waals surface area (Å²) >= 11 is 0.926. The van der Waals surface area contributed by atoms with Crippen molar-refractivity contribution in [3.63, 3.8) is 0 Å². The highest BCUT2D eigenvalue weighted by Crippen LogP contribution is 2.44. The molecular weight excluding hydrogens is 532 g/mol. The van der Waals surface area contributed by atoms with E-state index in [9.17, 15) is 19.5 Å². The minimum Gasteiger partial charge on any atom is -0.505 e. The number of ketones is 1. The second-order valence-corrected chi connectivity index (χ2v) is 10.2. The van der Waals surface area contributed by atoms with Gasteiger partial charge in [0.05, 0.1) is 30.1 Å². The first-order valence-corrected chi connectivity index (χ1v) is 13.1. The van der Waals surface area contributed by atoms with Crippen LogP contribution in [0.5, 0.6) is 5.75 Å². The smallest absolute Gasteiger partial charge is 0.350 e. The molecule has 1 N–H and O–H groups in total. The SMILES string of the molecule is C=CCOC(=O)c1sc(N2C(=O)C(=O)C(=C(O)c3nc4c(C)cccn4c3C)C2c2cccc(OC)c2)nc1C. The number of methoxy groups -OCH3 is 1. The Bertz CT molecular complexity index is 1730. The van der Waals surface area contributed by atoms with E-state index in [1.807, 2.05) is 29.7 Å². The number of nitrogens with zero attached hydrogens (tertiary/aromatic N) is 4. The lowest BCUT2D eigenvalue weighted by atomic mass is 9.96. The third kappa shape index (κ3) is 4.34. The summed E-state index contributed by atoms with van der Waals surface area (Å²) in [5.74, 6) is -2.33. The van der Waals surface area contributed by atoms with Crippen LogP contribution in [0, 0.1) is 20.8 Å². The number of ether oxygens (including phenoxy) is 2. The van der Waals surface area contributed by atoms with Crippen LogP contribution in [-0.4, -0.2) is 50.9 Å². The van der Waals surface area contributed by atoms with Crippen molar-refractivity contribution in [2.45, 2.75) is 26.8 Å². The van der Waals surface area contributed by atoms with E-state index in [0.717, 1.165) is 16.9 Å². The molecule has 0 bridgehead atoms. The summed E-state index contributed by atoms with van der Waals surface area (Å²) in [5.41, 5.74) is 2.98. The van der Waals surface area contributed by atoms with Gasteiger partial charge in [-0.3, -0.25) is 14.5 Å². The van der Waals surface area contributed by atoms with Crippen LogP contribution in [0.25, 0.3) is 11.4 Å². The summed E-state index contributed by atoms with van der Waals surface area (Å²) in [4.78, 5) is 50.2. The van der Waals surface area contributed by atoms with E-state index in [-0.39, 0.29) is 27.9 Å². The highest BCUT2D eigenvalue weighted by Gasteiger charge is 2.49. The van der Waals surface area contributed by atoms with Gasteiger partial charge in [-0.05, 0) is 50.1 Å². The summed E-state index contributed by atoms with van der Waals surface area (Å²) in [5, 5.41) is 11.7. The summed E-state index contributed by atoms with van der Waals surface area (Å²) in [6.07, 6.45) is 3.25. The summed E-state index contributed by atoms with van der Waals surface area (Å²) in [6, 6.07) is 9.53. The van der Waals surface area contributed by atoms with Gasteiger partial charge >= 0.3 is 11.9 Å². The zero-order chi connectivity index (χ0) is 28.7. The number of aromatic nitrogens is 3. The highest BCUT2D eigenvalue weighted by molar-refractivity contribution is 7.17. The molecule has 1 fully saturated rings. The Balaban J connectivity index is 1.72. The van der Waals surface area contributed by atoms with Crippen molar-refractivity contribution in [1.29, 1.82) is 0 Å². The quantitative estimate of drug-likeness (QED) is 0.114. The second-order valence-electron chi connectivity index (χ2n) is 9.17. The molecule has 1 aliphatic rings. The van der Waals surface area contributed by atoms with Crippen LogP contribution in [0.4, 0.5) is 5.13 Å². The van der Waals surface area contributed by atoms with Gasteiger partial charge in [0.2, 0.25) is 0 Å². The standard InChI is InChI=1S/C29H26N4O6S/c1-6-13-39-28(37)25-16(3)30-29(40-25)33-22(18-10-7-11-19(14-18)38-5)20(24(35)27(33)36)23(34)21-17(4)32-12-8-9-15(2)26(32)31-21/h6-12,14,22,34H,1,13H2,2-5H3. The molecule has 1 aliphatic heterocycles. The maximum Gasteiger partial charge on any atom is 0.350 e. The molecule has 0 spiro atoms. The van der Waals surface area contributed by atoms with Gasteiger partial charge in [-0.25, -0.2) is 14.8 Å². The first-order valence-electron chi connectivity index (χ1n) is 12.3. The van der Waals surface area contributed by atoms with Gasteiger partial charge in [-0.1, -0.05) is 42.2 Å². The molecule has 4 aromatic rings. The van der Waals surface area contributed by atoms with Crippen LogP contribution in [-0.2, 0) is 14.3 Å². The molecule has 204 valence electrons. The lowest BCUT2D eigenvalue weighted by molar-refractivity contribution is -0.132. The molecule has 1 atom stereocenters. The number of benzene rings is 1. The molecule has 5 rings (SSSR count). The Kier molecular flexibility index (Phi) is 6.99. The lowest BCUT2D eigenvalue weighted by Crippen LogP contribution is -2.29. The van der Waals surface area contributed by atoms with Crippen LogP contribution in [0.15, 0.2) is 60.8 Å². The molecule has 1 aromatic carbocycles. The molecule has 0 aliphatic carbocycles. The number of fused-ring (bicyclic) bond motifs is 1. The summed E-state index contributed by atoms with van der Waals surface area (Å²) in [6.45, 7) is 8.83. The molecule has 3 aromatic heterocycles. The molecular formula is C29H26N4O6S. The number of imidazole rings is 1. The topological polar surface area (TPSA) is 123 Å². The Morgan fingerprint density at radius 1 is 1.18 bits per heavy atom. The maximum atomic E-state index is 13.6. The van der Waals surface area contributed by atoms with E-state index in [1.165, 1.54) is 18.1 Å². The zero-order valence-corrected chi connectivity index (χ0v) is 23.1. The zero-order valence-electron chi connectivity index (χ0n) is 22.3. The average molecular weight is 559 g/mol. The fourth-order valence-electron chi connectivity index (χ4n) is 4.71. The van der Waals surface area contributed by atoms with Crippen LogP contribution < -0.4 is 9.64 Å². The number of amides is 1. The molecule has 4 heterocycles. The van der Waals surface area contributed by atoms with Crippen molar-refractivity contribution < 1.29 is 29.0 Å². The van der Waals surface area contributed by atoms with Crippen molar-refractivity contribution in [2.24, 2.45) is 0 Å². The van der Waals surface area contributed by atoms with E-state index >= 15 is 0 Å². The number of aryl methyl sites for hydroxylation is 3. The van der Waals surface area contributed by atoms with E-state index in [0.29, 0.717) is 28.3 Å². The van der Waals surface area contributed by atoms with Crippen LogP contribution >= 0.6 is 11.3 Å². The number of hydrogen-bond acceptors (Lipinski definition) is 9. The molecule has 11 heteroatoms. The predicted molar refractivity (Wildman–Crippen MR) is 150 cm³/mol. The first-order chi connectivity index (χ1) is 19.2. The number of aliphatic hydroxyl groups excluding tert-OH is 1. The number of pyridine rings is 1. The number of Topliss-reactive ketones (excluding diaryl/α,β-unsaturated/α-hetero) is 1. The van der Waals surface area contributed by atoms with E-state index in [2.05, 4.69) is 16.5 Å². The number of thiazole rings is 1. The van der Waals surface area contributed by atoms with Crippen LogP contribution in [0.2, 0.25) is 0 Å². The van der Waals surface area contributed by atoms with Gasteiger partial charge in [-0.2, -0.15) is 0 Å². The fraction of sp³-hybridized carbons (Fsp3) is 0.207. The van der Waals surface area contributed by atoms with E-state index < -0.39 is 29.5 Å². The highest BCUT2D eigenvalue weighted by atomic mass is 32.1. The van der Waals surface area contributed by atoms with Crippen LogP contribution in [0.3, 0.4) is 0 Å². The number of carbonyl (C=O) groups excluding carboxylic acids is 3. The van der Waals surface area contributed by atoms with Gasteiger partial charge < -0.3 is 19.0 Å². The lowest BCUT2D eigenvalue weighted by Gasteiger charge is -2.23. The van der Waals surface area contributed by atoms with Gasteiger partial charge in [0, 0.05) is 6.20 Å². The van der Waals surface area contributed by atoms with Gasteiger partial charge in [0.15, 0.2) is 10.9 Å². The van der Waals surface area contributed by atoms with Crippen molar-refractivity contribution in [3.05, 3.63) is 93.9 Å². The van der Waals surface area contributed by atoms with Crippen LogP contribution in [0.1, 0.15) is 43.9 Å². The molecule has 10 nitrogen and oxygen atoms in total. The van der Waals surface area contributed by atoms with E-state index in [4.69, 9.17) is 9.47 Å². The Morgan fingerprint density at radius 3 is 2.65 bits per heavy atom. The van der Waals surface area contributed by atoms with Crippen molar-refractivity contribution >= 4 is 45.5 Å². The Morgan fingerprint density at radius 2 is 1.95 bits per heavy atom. The number of aliphatic hydroxyl groups is 1. The molecule has 1 saturated heterocycles. The van der Waals surface area contributed by atoms with E-state index in [1.54, 1.807) is 38.1 Å². The number of hydrogen-bond donors (Lipinski definition) is 1. The fourth-order valence-corrected chi connectivity index (χ4v) is 5.69. The first kappa shape index (κ1) is 26.8. The number of rotatable bonds is 7. The summed E-state index contributed by atoms with van der Waals surface area (Å²) < 4.78 is 12.4. The molecule has 0 radical (unpaired) electrons. The third-order valence-electron chi connectivity index (χ3n) is 6.67. The molecule has 40 heavy (non-hydrogen) atoms. The van der Waals surface area contributed by atoms with Gasteiger partial charge in [0.25, 0.3) is 5.78 Å². The minimum absolute atomic E-state index is 0.0116. The number of anilines is 1. The molecule has 1 amide bonds. The number of esters is 1. The Labute approximate surface area is 233 Å². The Hall–Kier alpha value is -4.77.